The molecule has 0 unspecified atom stereocenters. The number of hydrogen-bond donors (Lipinski definition) is 1. The van der Waals surface area contributed by atoms with Crippen molar-refractivity contribution in [1.82, 2.24) is 10.3 Å². The van der Waals surface area contributed by atoms with Crippen LogP contribution in [0, 0.1) is 0 Å². The van der Waals surface area contributed by atoms with Gasteiger partial charge in [-0.05, 0) is 30.3 Å². The lowest BCUT2D eigenvalue weighted by molar-refractivity contribution is -0.153. The van der Waals surface area contributed by atoms with Crippen LogP contribution in [0.4, 0.5) is 13.2 Å². The number of alkyl halides is 3. The number of nitrogens with zero attached hydrogens (tertiary/aromatic N) is 1. The molecule has 0 bridgehead atoms. The first-order chi connectivity index (χ1) is 15.6. The molecule has 0 atom stereocenters. The van der Waals surface area contributed by atoms with Gasteiger partial charge in [0, 0.05) is 16.1 Å². The van der Waals surface area contributed by atoms with E-state index in [1.807, 2.05) is 6.07 Å². The Kier molecular flexibility index (Phi) is 6.72. The van der Waals surface area contributed by atoms with Crippen molar-refractivity contribution < 1.29 is 22.4 Å². The minimum atomic E-state index is -4.68. The highest BCUT2D eigenvalue weighted by molar-refractivity contribution is 7.15. The van der Waals surface area contributed by atoms with Gasteiger partial charge in [0.15, 0.2) is 5.76 Å². The van der Waals surface area contributed by atoms with E-state index in [4.69, 9.17) is 34.8 Å². The zero-order valence-electron chi connectivity index (χ0n) is 16.3. The van der Waals surface area contributed by atoms with Crippen LogP contribution >= 0.6 is 46.1 Å². The molecule has 0 aliphatic rings. The van der Waals surface area contributed by atoms with Gasteiger partial charge in [0.1, 0.15) is 5.01 Å². The van der Waals surface area contributed by atoms with Crippen LogP contribution in [0.15, 0.2) is 59.0 Å². The van der Waals surface area contributed by atoms with Crippen LogP contribution in [0.3, 0.4) is 0 Å². The Hall–Kier alpha value is -2.52. The van der Waals surface area contributed by atoms with E-state index >= 15 is 0 Å². The second kappa shape index (κ2) is 9.38. The number of halogens is 6. The Balaban J connectivity index is 1.65. The molecule has 0 saturated carbocycles. The minimum Gasteiger partial charge on any atom is -0.446 e. The zero-order valence-corrected chi connectivity index (χ0v) is 19.4. The Morgan fingerprint density at radius 2 is 1.76 bits per heavy atom. The number of benzene rings is 2. The van der Waals surface area contributed by atoms with Gasteiger partial charge in [0.05, 0.1) is 27.2 Å². The average Bonchev–Trinajstić information content (AvgIpc) is 3.40. The van der Waals surface area contributed by atoms with Crippen LogP contribution in [0.25, 0.3) is 21.7 Å². The lowest BCUT2D eigenvalue weighted by Gasteiger charge is -2.07. The topological polar surface area (TPSA) is 55.1 Å². The van der Waals surface area contributed by atoms with Crippen molar-refractivity contribution in [3.63, 3.8) is 0 Å². The minimum absolute atomic E-state index is 0.0474. The van der Waals surface area contributed by atoms with Crippen molar-refractivity contribution in [3.8, 4) is 21.7 Å². The summed E-state index contributed by atoms with van der Waals surface area (Å²) in [6, 6.07) is 13.8. The van der Waals surface area contributed by atoms with E-state index in [1.54, 1.807) is 36.4 Å². The molecule has 11 heteroatoms. The predicted octanol–water partition coefficient (Wildman–Crippen LogP) is 7.98. The normalized spacial score (nSPS) is 11.6. The predicted molar refractivity (Wildman–Crippen MR) is 123 cm³/mol. The largest absolute Gasteiger partial charge is 0.449 e. The molecule has 0 aliphatic carbocycles. The summed E-state index contributed by atoms with van der Waals surface area (Å²) in [5.74, 6) is -2.50. The van der Waals surface area contributed by atoms with Gasteiger partial charge in [-0.1, -0.05) is 59.1 Å². The molecule has 2 aromatic heterocycles. The van der Waals surface area contributed by atoms with Gasteiger partial charge in [-0.3, -0.25) is 4.79 Å². The monoisotopic (exact) mass is 530 g/mol. The van der Waals surface area contributed by atoms with E-state index < -0.39 is 23.6 Å². The summed E-state index contributed by atoms with van der Waals surface area (Å²) in [6.45, 7) is -0.0474. The molecule has 1 N–H and O–H groups in total. The first-order valence-electron chi connectivity index (χ1n) is 9.28. The van der Waals surface area contributed by atoms with E-state index in [1.165, 1.54) is 11.3 Å². The lowest BCUT2D eigenvalue weighted by Crippen LogP contribution is -2.22. The zero-order chi connectivity index (χ0) is 23.8. The standard InChI is InChI=1S/C22H12Cl3F3N2O2S/c23-11-5-6-13(15(25)9-11)20-19(12-3-1-2-4-14(12)24)30-18(33-20)10-29-21(31)16-7-8-17(32-16)22(26,27)28/h1-9H,10H2,(H,29,31). The number of aromatic nitrogens is 1. The molecular weight excluding hydrogens is 520 g/mol. The summed E-state index contributed by atoms with van der Waals surface area (Å²) >= 11 is 20.1. The fraction of sp³-hybridized carbons (Fsp3) is 0.0909. The maximum atomic E-state index is 12.7. The van der Waals surface area contributed by atoms with Crippen LogP contribution in [0.2, 0.25) is 15.1 Å². The highest BCUT2D eigenvalue weighted by Gasteiger charge is 2.35. The molecule has 4 aromatic rings. The second-order valence-corrected chi connectivity index (χ2v) is 9.07. The van der Waals surface area contributed by atoms with Crippen LogP contribution in [-0.4, -0.2) is 10.9 Å². The van der Waals surface area contributed by atoms with Crippen molar-refractivity contribution in [2.24, 2.45) is 0 Å². The third-order valence-electron chi connectivity index (χ3n) is 4.49. The molecule has 170 valence electrons. The first-order valence-corrected chi connectivity index (χ1v) is 11.2. The van der Waals surface area contributed by atoms with Gasteiger partial charge in [-0.25, -0.2) is 4.98 Å². The fourth-order valence-electron chi connectivity index (χ4n) is 2.99. The van der Waals surface area contributed by atoms with Gasteiger partial charge >= 0.3 is 6.18 Å². The number of rotatable bonds is 5. The lowest BCUT2D eigenvalue weighted by atomic mass is 10.1. The van der Waals surface area contributed by atoms with Crippen molar-refractivity contribution in [2.75, 3.05) is 0 Å². The molecule has 1 amide bonds. The number of amides is 1. The molecule has 0 aliphatic heterocycles. The fourth-order valence-corrected chi connectivity index (χ4v) is 4.83. The molecule has 4 nitrogen and oxygen atoms in total. The van der Waals surface area contributed by atoms with Crippen molar-refractivity contribution >= 4 is 52.0 Å². The summed E-state index contributed by atoms with van der Waals surface area (Å²) < 4.78 is 42.7. The van der Waals surface area contributed by atoms with E-state index in [9.17, 15) is 18.0 Å². The number of thiazole rings is 1. The quantitative estimate of drug-likeness (QED) is 0.284. The summed E-state index contributed by atoms with van der Waals surface area (Å²) in [6.07, 6.45) is -4.68. The molecule has 0 spiro atoms. The number of carbonyl (C=O) groups excluding carboxylic acids is 1. The van der Waals surface area contributed by atoms with Crippen LogP contribution in [-0.2, 0) is 12.7 Å². The summed E-state index contributed by atoms with van der Waals surface area (Å²) in [5, 5.41) is 4.36. The highest BCUT2D eigenvalue weighted by Crippen LogP contribution is 2.42. The van der Waals surface area contributed by atoms with Gasteiger partial charge in [-0.15, -0.1) is 11.3 Å². The van der Waals surface area contributed by atoms with Crippen molar-refractivity contribution in [3.05, 3.63) is 86.2 Å². The molecule has 33 heavy (non-hydrogen) atoms. The third kappa shape index (κ3) is 5.19. The molecule has 0 fully saturated rings. The molecule has 4 rings (SSSR count). The maximum Gasteiger partial charge on any atom is 0.449 e. The van der Waals surface area contributed by atoms with Crippen molar-refractivity contribution in [1.29, 1.82) is 0 Å². The Labute approximate surface area is 204 Å². The smallest absolute Gasteiger partial charge is 0.446 e. The Bertz CT molecular complexity index is 1330. The van der Waals surface area contributed by atoms with E-state index in [-0.39, 0.29) is 6.54 Å². The molecule has 0 radical (unpaired) electrons. The third-order valence-corrected chi connectivity index (χ3v) is 6.45. The van der Waals surface area contributed by atoms with E-state index in [0.29, 0.717) is 47.8 Å². The number of carbonyl (C=O) groups is 1. The molecular formula is C22H12Cl3F3N2O2S. The SMILES string of the molecule is O=C(NCc1nc(-c2ccccc2Cl)c(-c2ccc(Cl)cc2Cl)s1)c1ccc(C(F)(F)F)o1. The van der Waals surface area contributed by atoms with E-state index in [2.05, 4.69) is 14.7 Å². The number of furan rings is 1. The molecule has 2 aromatic carbocycles. The number of nitrogens with one attached hydrogen (secondary N) is 1. The Morgan fingerprint density at radius 3 is 2.42 bits per heavy atom. The highest BCUT2D eigenvalue weighted by atomic mass is 35.5. The van der Waals surface area contributed by atoms with Gasteiger partial charge in [-0.2, -0.15) is 13.2 Å². The van der Waals surface area contributed by atoms with Gasteiger partial charge < -0.3 is 9.73 Å². The summed E-state index contributed by atoms with van der Waals surface area (Å²) in [5.41, 5.74) is 1.89. The van der Waals surface area contributed by atoms with Crippen LogP contribution < -0.4 is 5.32 Å². The second-order valence-electron chi connectivity index (χ2n) is 6.73. The molecule has 2 heterocycles. The Morgan fingerprint density at radius 1 is 1.00 bits per heavy atom. The first kappa shape index (κ1) is 23.6. The summed E-state index contributed by atoms with van der Waals surface area (Å²) in [4.78, 5) is 17.6. The van der Waals surface area contributed by atoms with Gasteiger partial charge in [0.25, 0.3) is 5.91 Å². The summed E-state index contributed by atoms with van der Waals surface area (Å²) in [7, 11) is 0. The van der Waals surface area contributed by atoms with E-state index in [0.717, 1.165) is 6.07 Å². The maximum absolute atomic E-state index is 12.7. The molecule has 0 saturated heterocycles. The number of hydrogen-bond acceptors (Lipinski definition) is 4. The van der Waals surface area contributed by atoms with Gasteiger partial charge in [0.2, 0.25) is 5.76 Å². The van der Waals surface area contributed by atoms with Crippen LogP contribution in [0.1, 0.15) is 21.3 Å². The van der Waals surface area contributed by atoms with Crippen molar-refractivity contribution in [2.45, 2.75) is 12.7 Å². The van der Waals surface area contributed by atoms with Crippen LogP contribution in [0.5, 0.6) is 0 Å². The average molecular weight is 532 g/mol.